The standard InChI is InChI=1S/C14H16BrN5OS3/c1-24(21)7-8(16)5-10-11(15)12-13(23-10)14(19-20-18-12)17-6-9-3-2-4-22-9/h2-4,8H,5-7,16H2,1H3,(H,17,18,19)/t8-,24?/m1/s1. The third-order valence-corrected chi connectivity index (χ3v) is 7.40. The Morgan fingerprint density at radius 3 is 3.00 bits per heavy atom. The first-order valence-corrected chi connectivity index (χ1v) is 11.4. The lowest BCUT2D eigenvalue weighted by atomic mass is 10.2. The molecule has 3 aromatic heterocycles. The van der Waals surface area contributed by atoms with Crippen LogP contribution in [0.5, 0.6) is 0 Å². The predicted octanol–water partition coefficient (Wildman–Crippen LogP) is 2.77. The topological polar surface area (TPSA) is 99.8 Å². The Bertz CT molecular complexity index is 808. The minimum atomic E-state index is -0.906. The zero-order valence-electron chi connectivity index (χ0n) is 12.9. The molecule has 0 fully saturated rings. The van der Waals surface area contributed by atoms with Crippen LogP contribution in [-0.2, 0) is 24.1 Å². The van der Waals surface area contributed by atoms with Gasteiger partial charge in [-0.3, -0.25) is 0 Å². The predicted molar refractivity (Wildman–Crippen MR) is 105 cm³/mol. The average Bonchev–Trinajstić information content (AvgIpc) is 3.14. The van der Waals surface area contributed by atoms with Crippen LogP contribution in [0.3, 0.4) is 0 Å². The Morgan fingerprint density at radius 2 is 2.29 bits per heavy atom. The van der Waals surface area contributed by atoms with Crippen molar-refractivity contribution in [2.24, 2.45) is 5.73 Å². The molecule has 10 heteroatoms. The van der Waals surface area contributed by atoms with Crippen molar-refractivity contribution >= 4 is 65.8 Å². The Balaban J connectivity index is 1.82. The van der Waals surface area contributed by atoms with Gasteiger partial charge in [-0.15, -0.1) is 32.9 Å². The Kier molecular flexibility index (Phi) is 6.06. The molecule has 0 aromatic carbocycles. The molecule has 0 saturated heterocycles. The SMILES string of the molecule is C[S+]([O-])C[C@H](N)Cc1sc2c(NCc3cccs3)nnnc2c1Br. The van der Waals surface area contributed by atoms with E-state index in [1.165, 1.54) is 4.88 Å². The molecule has 128 valence electrons. The van der Waals surface area contributed by atoms with Crippen molar-refractivity contribution in [2.45, 2.75) is 19.0 Å². The lowest BCUT2D eigenvalue weighted by molar-refractivity contribution is 0.591. The van der Waals surface area contributed by atoms with Gasteiger partial charge >= 0.3 is 0 Å². The summed E-state index contributed by atoms with van der Waals surface area (Å²) in [4.78, 5) is 2.30. The normalized spacial score (nSPS) is 14.0. The molecule has 24 heavy (non-hydrogen) atoms. The fourth-order valence-corrected chi connectivity index (χ4v) is 5.64. The first-order valence-electron chi connectivity index (χ1n) is 7.16. The summed E-state index contributed by atoms with van der Waals surface area (Å²) in [6, 6.07) is 3.95. The van der Waals surface area contributed by atoms with Crippen molar-refractivity contribution in [3.05, 3.63) is 31.7 Å². The monoisotopic (exact) mass is 445 g/mol. The second kappa shape index (κ2) is 8.07. The minimum Gasteiger partial charge on any atom is -0.617 e. The maximum Gasteiger partial charge on any atom is 0.170 e. The molecule has 0 amide bonds. The van der Waals surface area contributed by atoms with Crippen LogP contribution in [0.15, 0.2) is 22.0 Å². The van der Waals surface area contributed by atoms with Crippen LogP contribution in [0.25, 0.3) is 10.2 Å². The molecule has 0 aliphatic carbocycles. The van der Waals surface area contributed by atoms with Crippen molar-refractivity contribution in [3.63, 3.8) is 0 Å². The molecule has 2 atom stereocenters. The summed E-state index contributed by atoms with van der Waals surface area (Å²) in [6.45, 7) is 0.699. The van der Waals surface area contributed by atoms with E-state index in [4.69, 9.17) is 5.73 Å². The molecule has 3 aromatic rings. The highest BCUT2D eigenvalue weighted by molar-refractivity contribution is 9.10. The van der Waals surface area contributed by atoms with Gasteiger partial charge in [0.05, 0.1) is 23.3 Å². The number of hydrogen-bond donors (Lipinski definition) is 2. The van der Waals surface area contributed by atoms with E-state index in [-0.39, 0.29) is 6.04 Å². The second-order valence-electron chi connectivity index (χ2n) is 5.29. The molecular weight excluding hydrogens is 430 g/mol. The van der Waals surface area contributed by atoms with Crippen LogP contribution in [0.2, 0.25) is 0 Å². The second-order valence-corrected chi connectivity index (χ2v) is 9.70. The third-order valence-electron chi connectivity index (χ3n) is 3.30. The van der Waals surface area contributed by atoms with Crippen LogP contribution in [0.1, 0.15) is 9.75 Å². The largest absolute Gasteiger partial charge is 0.617 e. The van der Waals surface area contributed by atoms with E-state index in [9.17, 15) is 4.55 Å². The van der Waals surface area contributed by atoms with E-state index in [1.54, 1.807) is 28.9 Å². The summed E-state index contributed by atoms with van der Waals surface area (Å²) in [6.07, 6.45) is 2.31. The summed E-state index contributed by atoms with van der Waals surface area (Å²) in [7, 11) is 0. The molecule has 0 bridgehead atoms. The summed E-state index contributed by atoms with van der Waals surface area (Å²) < 4.78 is 13.2. The van der Waals surface area contributed by atoms with Gasteiger partial charge in [0, 0.05) is 16.2 Å². The van der Waals surface area contributed by atoms with Crippen molar-refractivity contribution in [1.82, 2.24) is 15.4 Å². The van der Waals surface area contributed by atoms with Crippen LogP contribution in [0.4, 0.5) is 5.82 Å². The summed E-state index contributed by atoms with van der Waals surface area (Å²) in [5.74, 6) is 1.20. The first kappa shape index (κ1) is 18.0. The van der Waals surface area contributed by atoms with Gasteiger partial charge in [-0.25, -0.2) is 0 Å². The van der Waals surface area contributed by atoms with Gasteiger partial charge in [0.1, 0.15) is 16.0 Å². The maximum absolute atomic E-state index is 11.3. The Hall–Kier alpha value is -0.780. The van der Waals surface area contributed by atoms with Gasteiger partial charge in [-0.2, -0.15) is 0 Å². The lowest BCUT2D eigenvalue weighted by Crippen LogP contribution is -2.31. The molecule has 0 spiro atoms. The fraction of sp³-hybridized carbons (Fsp3) is 0.357. The molecule has 3 heterocycles. The number of fused-ring (bicyclic) bond motifs is 1. The van der Waals surface area contributed by atoms with E-state index < -0.39 is 11.2 Å². The van der Waals surface area contributed by atoms with Gasteiger partial charge < -0.3 is 15.6 Å². The number of nitrogens with two attached hydrogens (primary N) is 1. The third kappa shape index (κ3) is 4.24. The zero-order valence-corrected chi connectivity index (χ0v) is 16.9. The van der Waals surface area contributed by atoms with Gasteiger partial charge in [0.25, 0.3) is 0 Å². The number of aromatic nitrogens is 3. The lowest BCUT2D eigenvalue weighted by Gasteiger charge is -2.11. The first-order chi connectivity index (χ1) is 11.5. The number of nitrogens with one attached hydrogen (secondary N) is 1. The van der Waals surface area contributed by atoms with Gasteiger partial charge in [0.2, 0.25) is 0 Å². The van der Waals surface area contributed by atoms with Crippen molar-refractivity contribution in [1.29, 1.82) is 0 Å². The van der Waals surface area contributed by atoms with E-state index >= 15 is 0 Å². The quantitative estimate of drug-likeness (QED) is 0.542. The highest BCUT2D eigenvalue weighted by Crippen LogP contribution is 2.37. The van der Waals surface area contributed by atoms with Crippen LogP contribution in [0, 0.1) is 0 Å². The molecule has 6 nitrogen and oxygen atoms in total. The van der Waals surface area contributed by atoms with Crippen molar-refractivity contribution in [3.8, 4) is 0 Å². The molecular formula is C14H16BrN5OS3. The Labute approximate surface area is 159 Å². The smallest absolute Gasteiger partial charge is 0.170 e. The molecule has 0 aliphatic heterocycles. The van der Waals surface area contributed by atoms with Crippen LogP contribution >= 0.6 is 38.6 Å². The van der Waals surface area contributed by atoms with E-state index in [0.717, 1.165) is 25.4 Å². The van der Waals surface area contributed by atoms with Gasteiger partial charge in [-0.1, -0.05) is 17.2 Å². The fourth-order valence-electron chi connectivity index (χ4n) is 2.28. The number of anilines is 1. The number of halogens is 1. The number of nitrogens with zero attached hydrogens (tertiary/aromatic N) is 3. The van der Waals surface area contributed by atoms with Gasteiger partial charge in [-0.05, 0) is 32.6 Å². The van der Waals surface area contributed by atoms with Crippen molar-refractivity contribution < 1.29 is 4.55 Å². The highest BCUT2D eigenvalue weighted by Gasteiger charge is 2.19. The molecule has 3 N–H and O–H groups in total. The highest BCUT2D eigenvalue weighted by atomic mass is 79.9. The van der Waals surface area contributed by atoms with Gasteiger partial charge in [0.15, 0.2) is 5.82 Å². The number of rotatable bonds is 7. The summed E-state index contributed by atoms with van der Waals surface area (Å²) in [5.41, 5.74) is 6.87. The average molecular weight is 446 g/mol. The summed E-state index contributed by atoms with van der Waals surface area (Å²) >= 11 is 5.97. The number of thiophene rings is 2. The molecule has 0 radical (unpaired) electrons. The van der Waals surface area contributed by atoms with E-state index in [2.05, 4.69) is 42.7 Å². The molecule has 0 saturated carbocycles. The van der Waals surface area contributed by atoms with Crippen LogP contribution in [-0.4, -0.2) is 38.0 Å². The van der Waals surface area contributed by atoms with Crippen molar-refractivity contribution in [2.75, 3.05) is 17.3 Å². The maximum atomic E-state index is 11.3. The number of hydrogen-bond acceptors (Lipinski definition) is 8. The summed E-state index contributed by atoms with van der Waals surface area (Å²) in [5, 5.41) is 17.5. The zero-order chi connectivity index (χ0) is 17.1. The van der Waals surface area contributed by atoms with E-state index in [1.807, 2.05) is 11.4 Å². The van der Waals surface area contributed by atoms with Crippen LogP contribution < -0.4 is 11.1 Å². The Morgan fingerprint density at radius 1 is 1.46 bits per heavy atom. The minimum absolute atomic E-state index is 0.149. The molecule has 1 unspecified atom stereocenters. The van der Waals surface area contributed by atoms with E-state index in [0.29, 0.717) is 18.7 Å². The molecule has 3 rings (SSSR count). The molecule has 0 aliphatic rings.